The minimum absolute atomic E-state index is 0.707. The van der Waals surface area contributed by atoms with Gasteiger partial charge in [0.05, 0.1) is 5.69 Å². The van der Waals surface area contributed by atoms with Gasteiger partial charge in [0.15, 0.2) is 0 Å². The molecule has 4 heteroatoms. The Hall–Kier alpha value is -0.870. The van der Waals surface area contributed by atoms with Gasteiger partial charge in [0.25, 0.3) is 0 Å². The van der Waals surface area contributed by atoms with Crippen LogP contribution in [0, 0.1) is 0 Å². The molecule has 1 N–H and O–H groups in total. The second-order valence-corrected chi connectivity index (χ2v) is 5.36. The Bertz CT molecular complexity index is 338. The van der Waals surface area contributed by atoms with Crippen LogP contribution < -0.4 is 5.32 Å². The third kappa shape index (κ3) is 2.24. The lowest BCUT2D eigenvalue weighted by Gasteiger charge is -2.48. The van der Waals surface area contributed by atoms with E-state index in [1.54, 1.807) is 6.26 Å². The van der Waals surface area contributed by atoms with Crippen molar-refractivity contribution in [3.05, 3.63) is 18.0 Å². The molecule has 3 rings (SSSR count). The van der Waals surface area contributed by atoms with Gasteiger partial charge in [0, 0.05) is 30.7 Å². The van der Waals surface area contributed by atoms with E-state index in [1.165, 1.54) is 32.1 Å². The van der Waals surface area contributed by atoms with E-state index >= 15 is 0 Å². The van der Waals surface area contributed by atoms with Gasteiger partial charge >= 0.3 is 0 Å². The van der Waals surface area contributed by atoms with Crippen molar-refractivity contribution in [2.75, 3.05) is 7.05 Å². The summed E-state index contributed by atoms with van der Waals surface area (Å²) < 4.78 is 4.93. The summed E-state index contributed by atoms with van der Waals surface area (Å²) >= 11 is 0. The molecule has 2 aliphatic rings. The lowest BCUT2D eigenvalue weighted by molar-refractivity contribution is 0.0174. The van der Waals surface area contributed by atoms with Crippen LogP contribution in [0.25, 0.3) is 0 Å². The van der Waals surface area contributed by atoms with E-state index in [9.17, 15) is 0 Å². The number of piperidine rings is 2. The number of nitrogens with zero attached hydrogens (tertiary/aromatic N) is 2. The van der Waals surface area contributed by atoms with Crippen molar-refractivity contribution in [2.45, 2.75) is 56.8 Å². The predicted octanol–water partition coefficient (Wildman–Crippen LogP) is 1.78. The normalized spacial score (nSPS) is 33.8. The third-order valence-corrected chi connectivity index (χ3v) is 4.37. The Kier molecular flexibility index (Phi) is 3.16. The van der Waals surface area contributed by atoms with Gasteiger partial charge in [-0.2, -0.15) is 0 Å². The standard InChI is InChI=1S/C13H21N3O/c1-14-11-7-12-3-2-4-13(8-11)16(12)9-10-5-6-17-15-10/h5-6,11-14H,2-4,7-9H2,1H3. The number of nitrogens with one attached hydrogen (secondary N) is 1. The largest absolute Gasteiger partial charge is 0.364 e. The van der Waals surface area contributed by atoms with Gasteiger partial charge in [0.1, 0.15) is 6.26 Å². The number of fused-ring (bicyclic) bond motifs is 2. The monoisotopic (exact) mass is 235 g/mol. The summed E-state index contributed by atoms with van der Waals surface area (Å²) in [5.41, 5.74) is 1.07. The zero-order chi connectivity index (χ0) is 11.7. The third-order valence-electron chi connectivity index (χ3n) is 4.37. The van der Waals surface area contributed by atoms with Gasteiger partial charge < -0.3 is 9.84 Å². The minimum atomic E-state index is 0.707. The lowest BCUT2D eigenvalue weighted by Crippen LogP contribution is -2.55. The number of aromatic nitrogens is 1. The smallest absolute Gasteiger partial charge is 0.124 e. The fourth-order valence-electron chi connectivity index (χ4n) is 3.48. The van der Waals surface area contributed by atoms with Crippen molar-refractivity contribution in [2.24, 2.45) is 0 Å². The molecule has 1 aromatic rings. The van der Waals surface area contributed by atoms with Crippen molar-refractivity contribution in [1.82, 2.24) is 15.4 Å². The molecule has 0 aliphatic carbocycles. The molecule has 1 aromatic heterocycles. The molecule has 2 aliphatic heterocycles. The Morgan fingerprint density at radius 3 is 2.76 bits per heavy atom. The molecule has 0 aromatic carbocycles. The summed E-state index contributed by atoms with van der Waals surface area (Å²) in [5, 5.41) is 7.50. The van der Waals surface area contributed by atoms with Crippen LogP contribution in [-0.4, -0.2) is 35.2 Å². The first-order valence-corrected chi connectivity index (χ1v) is 6.69. The van der Waals surface area contributed by atoms with Crippen LogP contribution in [0.2, 0.25) is 0 Å². The van der Waals surface area contributed by atoms with Crippen molar-refractivity contribution < 1.29 is 4.52 Å². The van der Waals surface area contributed by atoms with Gasteiger partial charge in [-0.15, -0.1) is 0 Å². The van der Waals surface area contributed by atoms with E-state index in [0.29, 0.717) is 6.04 Å². The maximum absolute atomic E-state index is 4.93. The molecule has 2 atom stereocenters. The SMILES string of the molecule is CNC1CC2CCCC(C1)N2Cc1ccon1. The molecule has 2 unspecified atom stereocenters. The average molecular weight is 235 g/mol. The van der Waals surface area contributed by atoms with Crippen molar-refractivity contribution in [3.8, 4) is 0 Å². The molecular weight excluding hydrogens is 214 g/mol. The van der Waals surface area contributed by atoms with Crippen LogP contribution in [0.1, 0.15) is 37.8 Å². The first kappa shape index (κ1) is 11.2. The highest BCUT2D eigenvalue weighted by molar-refractivity contribution is 5.01. The van der Waals surface area contributed by atoms with Crippen molar-refractivity contribution in [1.29, 1.82) is 0 Å². The second kappa shape index (κ2) is 4.78. The molecule has 2 bridgehead atoms. The summed E-state index contributed by atoms with van der Waals surface area (Å²) in [6.45, 7) is 0.961. The van der Waals surface area contributed by atoms with Crippen molar-refractivity contribution >= 4 is 0 Å². The summed E-state index contributed by atoms with van der Waals surface area (Å²) in [5.74, 6) is 0. The van der Waals surface area contributed by atoms with Crippen LogP contribution in [0.3, 0.4) is 0 Å². The molecule has 4 nitrogen and oxygen atoms in total. The van der Waals surface area contributed by atoms with E-state index in [4.69, 9.17) is 4.52 Å². The highest BCUT2D eigenvalue weighted by atomic mass is 16.5. The molecule has 0 spiro atoms. The Balaban J connectivity index is 1.71. The Morgan fingerprint density at radius 1 is 1.41 bits per heavy atom. The Morgan fingerprint density at radius 2 is 2.18 bits per heavy atom. The fraction of sp³-hybridized carbons (Fsp3) is 0.769. The molecule has 0 radical (unpaired) electrons. The van der Waals surface area contributed by atoms with E-state index in [1.807, 2.05) is 6.07 Å². The number of hydrogen-bond acceptors (Lipinski definition) is 4. The van der Waals surface area contributed by atoms with E-state index in [0.717, 1.165) is 24.3 Å². The van der Waals surface area contributed by atoms with Crippen LogP contribution in [-0.2, 0) is 6.54 Å². The molecule has 2 fully saturated rings. The first-order valence-electron chi connectivity index (χ1n) is 6.69. The van der Waals surface area contributed by atoms with Crippen LogP contribution >= 0.6 is 0 Å². The van der Waals surface area contributed by atoms with Crippen LogP contribution in [0.4, 0.5) is 0 Å². The summed E-state index contributed by atoms with van der Waals surface area (Å²) in [7, 11) is 2.09. The molecule has 0 saturated carbocycles. The van der Waals surface area contributed by atoms with Gasteiger partial charge in [-0.1, -0.05) is 11.6 Å². The topological polar surface area (TPSA) is 41.3 Å². The molecule has 17 heavy (non-hydrogen) atoms. The summed E-state index contributed by atoms with van der Waals surface area (Å²) in [6.07, 6.45) is 8.31. The highest BCUT2D eigenvalue weighted by Crippen LogP contribution is 2.34. The number of rotatable bonds is 3. The zero-order valence-electron chi connectivity index (χ0n) is 10.4. The number of hydrogen-bond donors (Lipinski definition) is 1. The van der Waals surface area contributed by atoms with Gasteiger partial charge in [-0.05, 0) is 32.7 Å². The highest BCUT2D eigenvalue weighted by Gasteiger charge is 2.37. The van der Waals surface area contributed by atoms with Crippen molar-refractivity contribution in [3.63, 3.8) is 0 Å². The zero-order valence-corrected chi connectivity index (χ0v) is 10.4. The summed E-state index contributed by atoms with van der Waals surface area (Å²) in [6, 6.07) is 4.16. The lowest BCUT2D eigenvalue weighted by atomic mass is 9.81. The maximum Gasteiger partial charge on any atom is 0.124 e. The first-order chi connectivity index (χ1) is 8.36. The molecule has 0 amide bonds. The van der Waals surface area contributed by atoms with E-state index < -0.39 is 0 Å². The molecule has 94 valence electrons. The molecule has 2 saturated heterocycles. The van der Waals surface area contributed by atoms with Gasteiger partial charge in [-0.25, -0.2) is 0 Å². The van der Waals surface area contributed by atoms with E-state index in [2.05, 4.69) is 22.4 Å². The fourth-order valence-corrected chi connectivity index (χ4v) is 3.48. The predicted molar refractivity (Wildman–Crippen MR) is 65.6 cm³/mol. The van der Waals surface area contributed by atoms with E-state index in [-0.39, 0.29) is 0 Å². The molecular formula is C13H21N3O. The van der Waals surface area contributed by atoms with Gasteiger partial charge in [0.2, 0.25) is 0 Å². The average Bonchev–Trinajstić information content (AvgIpc) is 2.81. The Labute approximate surface area is 102 Å². The second-order valence-electron chi connectivity index (χ2n) is 5.36. The van der Waals surface area contributed by atoms with Crippen LogP contribution in [0.5, 0.6) is 0 Å². The molecule has 3 heterocycles. The maximum atomic E-state index is 4.93. The van der Waals surface area contributed by atoms with Crippen LogP contribution in [0.15, 0.2) is 16.9 Å². The summed E-state index contributed by atoms with van der Waals surface area (Å²) in [4.78, 5) is 2.65. The minimum Gasteiger partial charge on any atom is -0.364 e. The van der Waals surface area contributed by atoms with Gasteiger partial charge in [-0.3, -0.25) is 4.90 Å². The quantitative estimate of drug-likeness (QED) is 0.867.